The standard InChI is InChI=1S/C12H15NO3/c1-13-6-8-5-9(16-2)3-4-10(8)11(7-13)12(14)15/h3-5,11H,6-7H2,1-2H3,(H,14,15). The third-order valence-electron chi connectivity index (χ3n) is 2.96. The quantitative estimate of drug-likeness (QED) is 0.818. The molecular weight excluding hydrogens is 206 g/mol. The van der Waals surface area contributed by atoms with Crippen molar-refractivity contribution in [2.24, 2.45) is 0 Å². The summed E-state index contributed by atoms with van der Waals surface area (Å²) >= 11 is 0. The number of likely N-dealkylation sites (N-methyl/N-ethyl adjacent to an activating group) is 1. The number of carboxylic acid groups (broad SMARTS) is 1. The van der Waals surface area contributed by atoms with Crippen LogP contribution in [0.3, 0.4) is 0 Å². The van der Waals surface area contributed by atoms with Crippen LogP contribution in [0.1, 0.15) is 17.0 Å². The van der Waals surface area contributed by atoms with E-state index in [0.717, 1.165) is 23.4 Å². The number of carbonyl (C=O) groups is 1. The fourth-order valence-electron chi connectivity index (χ4n) is 2.16. The highest BCUT2D eigenvalue weighted by Crippen LogP contribution is 2.30. The summed E-state index contributed by atoms with van der Waals surface area (Å²) in [6.45, 7) is 1.34. The molecular formula is C12H15NO3. The lowest BCUT2D eigenvalue weighted by atomic mass is 9.90. The van der Waals surface area contributed by atoms with Gasteiger partial charge in [0.1, 0.15) is 5.75 Å². The van der Waals surface area contributed by atoms with E-state index in [2.05, 4.69) is 0 Å². The van der Waals surface area contributed by atoms with Gasteiger partial charge in [0.2, 0.25) is 0 Å². The van der Waals surface area contributed by atoms with Crippen LogP contribution in [0.2, 0.25) is 0 Å². The first-order chi connectivity index (χ1) is 7.61. The number of methoxy groups -OCH3 is 1. The summed E-state index contributed by atoms with van der Waals surface area (Å²) in [5.74, 6) is -0.421. The van der Waals surface area contributed by atoms with Gasteiger partial charge in [0.15, 0.2) is 0 Å². The first kappa shape index (κ1) is 11.0. The molecule has 4 nitrogen and oxygen atoms in total. The Balaban J connectivity index is 2.43. The Kier molecular flexibility index (Phi) is 2.83. The monoisotopic (exact) mass is 221 g/mol. The van der Waals surface area contributed by atoms with E-state index >= 15 is 0 Å². The van der Waals surface area contributed by atoms with Crippen LogP contribution in [0, 0.1) is 0 Å². The van der Waals surface area contributed by atoms with E-state index in [0.29, 0.717) is 6.54 Å². The SMILES string of the molecule is COc1ccc2c(c1)CN(C)CC2C(=O)O. The Bertz CT molecular complexity index is 417. The number of fused-ring (bicyclic) bond motifs is 1. The molecule has 0 saturated heterocycles. The molecule has 16 heavy (non-hydrogen) atoms. The number of nitrogens with zero attached hydrogens (tertiary/aromatic N) is 1. The molecule has 0 fully saturated rings. The molecule has 0 aliphatic carbocycles. The van der Waals surface area contributed by atoms with Gasteiger partial charge in [0, 0.05) is 13.1 Å². The third kappa shape index (κ3) is 1.88. The summed E-state index contributed by atoms with van der Waals surface area (Å²) in [6.07, 6.45) is 0. The molecule has 1 aromatic carbocycles. The van der Waals surface area contributed by atoms with Crippen LogP contribution in [-0.4, -0.2) is 36.7 Å². The van der Waals surface area contributed by atoms with Crippen molar-refractivity contribution in [2.75, 3.05) is 20.7 Å². The highest BCUT2D eigenvalue weighted by atomic mass is 16.5. The van der Waals surface area contributed by atoms with Gasteiger partial charge in [-0.25, -0.2) is 0 Å². The maximum Gasteiger partial charge on any atom is 0.312 e. The van der Waals surface area contributed by atoms with Gasteiger partial charge in [-0.05, 0) is 30.3 Å². The van der Waals surface area contributed by atoms with Gasteiger partial charge in [-0.15, -0.1) is 0 Å². The second-order valence-electron chi connectivity index (χ2n) is 4.15. The molecule has 86 valence electrons. The molecule has 0 aromatic heterocycles. The lowest BCUT2D eigenvalue weighted by Gasteiger charge is -2.30. The summed E-state index contributed by atoms with van der Waals surface area (Å²) in [7, 11) is 3.54. The number of rotatable bonds is 2. The van der Waals surface area contributed by atoms with Crippen molar-refractivity contribution in [3.63, 3.8) is 0 Å². The second kappa shape index (κ2) is 4.14. The van der Waals surface area contributed by atoms with E-state index in [1.165, 1.54) is 0 Å². The van der Waals surface area contributed by atoms with Crippen molar-refractivity contribution >= 4 is 5.97 Å². The highest BCUT2D eigenvalue weighted by molar-refractivity contribution is 5.77. The van der Waals surface area contributed by atoms with Crippen molar-refractivity contribution in [3.05, 3.63) is 29.3 Å². The van der Waals surface area contributed by atoms with Crippen LogP contribution in [0.4, 0.5) is 0 Å². The molecule has 0 radical (unpaired) electrons. The summed E-state index contributed by atoms with van der Waals surface area (Å²) in [6, 6.07) is 5.60. The first-order valence-electron chi connectivity index (χ1n) is 5.20. The van der Waals surface area contributed by atoms with E-state index in [1.54, 1.807) is 7.11 Å². The molecule has 0 amide bonds. The van der Waals surface area contributed by atoms with Gasteiger partial charge < -0.3 is 14.7 Å². The minimum absolute atomic E-state index is 0.431. The van der Waals surface area contributed by atoms with Crippen molar-refractivity contribution in [3.8, 4) is 5.75 Å². The molecule has 1 unspecified atom stereocenters. The summed E-state index contributed by atoms with van der Waals surface area (Å²) < 4.78 is 5.15. The van der Waals surface area contributed by atoms with Crippen LogP contribution in [0.5, 0.6) is 5.75 Å². The van der Waals surface area contributed by atoms with Crippen LogP contribution in [0.15, 0.2) is 18.2 Å². The molecule has 0 spiro atoms. The van der Waals surface area contributed by atoms with Crippen molar-refractivity contribution < 1.29 is 14.6 Å². The fraction of sp³-hybridized carbons (Fsp3) is 0.417. The predicted molar refractivity (Wildman–Crippen MR) is 59.7 cm³/mol. The molecule has 0 bridgehead atoms. The number of ether oxygens (including phenoxy) is 1. The molecule has 1 heterocycles. The van der Waals surface area contributed by atoms with Gasteiger partial charge in [-0.1, -0.05) is 6.07 Å². The van der Waals surface area contributed by atoms with Crippen LogP contribution < -0.4 is 4.74 Å². The Morgan fingerprint density at radius 1 is 1.56 bits per heavy atom. The summed E-state index contributed by atoms with van der Waals surface area (Å²) in [4.78, 5) is 13.2. The number of hydrogen-bond acceptors (Lipinski definition) is 3. The number of aliphatic carboxylic acids is 1. The first-order valence-corrected chi connectivity index (χ1v) is 5.20. The summed E-state index contributed by atoms with van der Waals surface area (Å²) in [5.41, 5.74) is 1.95. The van der Waals surface area contributed by atoms with E-state index in [1.807, 2.05) is 30.1 Å². The molecule has 2 rings (SSSR count). The van der Waals surface area contributed by atoms with E-state index in [4.69, 9.17) is 4.74 Å². The zero-order chi connectivity index (χ0) is 11.7. The molecule has 1 N–H and O–H groups in total. The lowest BCUT2D eigenvalue weighted by Crippen LogP contribution is -2.34. The van der Waals surface area contributed by atoms with E-state index < -0.39 is 11.9 Å². The van der Waals surface area contributed by atoms with E-state index in [9.17, 15) is 9.90 Å². The highest BCUT2D eigenvalue weighted by Gasteiger charge is 2.28. The molecule has 1 atom stereocenters. The second-order valence-corrected chi connectivity index (χ2v) is 4.15. The van der Waals surface area contributed by atoms with Crippen LogP contribution >= 0.6 is 0 Å². The van der Waals surface area contributed by atoms with Crippen molar-refractivity contribution in [1.29, 1.82) is 0 Å². The van der Waals surface area contributed by atoms with Crippen molar-refractivity contribution in [2.45, 2.75) is 12.5 Å². The Morgan fingerprint density at radius 3 is 2.94 bits per heavy atom. The third-order valence-corrected chi connectivity index (χ3v) is 2.96. The normalized spacial score (nSPS) is 20.2. The average molecular weight is 221 g/mol. The topological polar surface area (TPSA) is 49.8 Å². The Hall–Kier alpha value is -1.55. The smallest absolute Gasteiger partial charge is 0.312 e. The maximum atomic E-state index is 11.2. The van der Waals surface area contributed by atoms with Gasteiger partial charge >= 0.3 is 5.97 Å². The minimum atomic E-state index is -0.766. The van der Waals surface area contributed by atoms with Gasteiger partial charge in [0.05, 0.1) is 13.0 Å². The number of benzene rings is 1. The predicted octanol–water partition coefficient (Wildman–Crippen LogP) is 1.31. The summed E-state index contributed by atoms with van der Waals surface area (Å²) in [5, 5.41) is 9.17. The van der Waals surface area contributed by atoms with Gasteiger partial charge in [-0.3, -0.25) is 4.79 Å². The minimum Gasteiger partial charge on any atom is -0.497 e. The largest absolute Gasteiger partial charge is 0.497 e. The van der Waals surface area contributed by atoms with E-state index in [-0.39, 0.29) is 0 Å². The fourth-order valence-corrected chi connectivity index (χ4v) is 2.16. The molecule has 4 heteroatoms. The Labute approximate surface area is 94.4 Å². The average Bonchev–Trinajstić information content (AvgIpc) is 2.26. The molecule has 0 saturated carbocycles. The van der Waals surface area contributed by atoms with Crippen molar-refractivity contribution in [1.82, 2.24) is 4.90 Å². The maximum absolute atomic E-state index is 11.2. The molecule has 1 aliphatic rings. The van der Waals surface area contributed by atoms with Crippen LogP contribution in [0.25, 0.3) is 0 Å². The number of carboxylic acids is 1. The Morgan fingerprint density at radius 2 is 2.31 bits per heavy atom. The van der Waals surface area contributed by atoms with Crippen LogP contribution in [-0.2, 0) is 11.3 Å². The zero-order valence-corrected chi connectivity index (χ0v) is 9.43. The molecule has 1 aliphatic heterocycles. The lowest BCUT2D eigenvalue weighted by molar-refractivity contribution is -0.139. The molecule has 1 aromatic rings. The zero-order valence-electron chi connectivity index (χ0n) is 9.43. The van der Waals surface area contributed by atoms with Gasteiger partial charge in [0.25, 0.3) is 0 Å². The number of hydrogen-bond donors (Lipinski definition) is 1. The van der Waals surface area contributed by atoms with Gasteiger partial charge in [-0.2, -0.15) is 0 Å².